The fourth-order valence-electron chi connectivity index (χ4n) is 2.13. The lowest BCUT2D eigenvalue weighted by Gasteiger charge is -2.13. The quantitative estimate of drug-likeness (QED) is 0.671. The number of hydrogen-bond acceptors (Lipinski definition) is 1. The van der Waals surface area contributed by atoms with Gasteiger partial charge in [-0.05, 0) is 35.8 Å². The largest absolute Gasteiger partial charge is 0.303 e. The highest BCUT2D eigenvalue weighted by Gasteiger charge is 2.10. The van der Waals surface area contributed by atoms with Crippen molar-refractivity contribution in [3.8, 4) is 0 Å². The highest BCUT2D eigenvalue weighted by atomic mass is 16.1. The van der Waals surface area contributed by atoms with Crippen molar-refractivity contribution >= 4 is 6.29 Å². The summed E-state index contributed by atoms with van der Waals surface area (Å²) in [4.78, 5) is 11.0. The maximum Gasteiger partial charge on any atom is 0.123 e. The first-order valence-corrected chi connectivity index (χ1v) is 6.57. The minimum Gasteiger partial charge on any atom is -0.303 e. The summed E-state index contributed by atoms with van der Waals surface area (Å²) in [7, 11) is 0. The summed E-state index contributed by atoms with van der Waals surface area (Å²) in [5.74, 6) is 1.32. The van der Waals surface area contributed by atoms with Gasteiger partial charge in [-0.1, -0.05) is 52.0 Å². The summed E-state index contributed by atoms with van der Waals surface area (Å²) < 4.78 is 0. The van der Waals surface area contributed by atoms with Crippen LogP contribution in [0.5, 0.6) is 0 Å². The van der Waals surface area contributed by atoms with Crippen LogP contribution in [0.1, 0.15) is 51.2 Å². The van der Waals surface area contributed by atoms with E-state index in [-0.39, 0.29) is 5.92 Å². The van der Waals surface area contributed by atoms with E-state index in [1.165, 1.54) is 11.1 Å². The number of carbonyl (C=O) groups is 1. The second kappa shape index (κ2) is 6.58. The molecule has 0 aromatic heterocycles. The minimum atomic E-state index is 0.167. The van der Waals surface area contributed by atoms with Crippen LogP contribution in [0.15, 0.2) is 24.3 Å². The number of aldehydes is 1. The second-order valence-corrected chi connectivity index (χ2v) is 5.63. The molecule has 94 valence electrons. The lowest BCUT2D eigenvalue weighted by Crippen LogP contribution is -2.09. The summed E-state index contributed by atoms with van der Waals surface area (Å²) in [6.07, 6.45) is 2.96. The van der Waals surface area contributed by atoms with Crippen LogP contribution in [0.4, 0.5) is 0 Å². The molecule has 0 heterocycles. The van der Waals surface area contributed by atoms with E-state index in [1.807, 2.05) is 0 Å². The van der Waals surface area contributed by atoms with E-state index in [0.717, 1.165) is 19.1 Å². The summed E-state index contributed by atoms with van der Waals surface area (Å²) >= 11 is 0. The van der Waals surface area contributed by atoms with Gasteiger partial charge in [0.2, 0.25) is 0 Å². The molecule has 1 atom stereocenters. The molecule has 1 nitrogen and oxygen atoms in total. The molecule has 0 spiro atoms. The van der Waals surface area contributed by atoms with Crippen LogP contribution in [-0.2, 0) is 11.2 Å². The number of hydrogen-bond donors (Lipinski definition) is 0. The molecule has 1 rings (SSSR count). The van der Waals surface area contributed by atoms with E-state index in [1.54, 1.807) is 0 Å². The minimum absolute atomic E-state index is 0.167. The third kappa shape index (κ3) is 4.72. The van der Waals surface area contributed by atoms with E-state index in [4.69, 9.17) is 0 Å². The van der Waals surface area contributed by atoms with Gasteiger partial charge in [-0.25, -0.2) is 0 Å². The zero-order valence-electron chi connectivity index (χ0n) is 11.4. The van der Waals surface area contributed by atoms with Crippen LogP contribution in [0, 0.1) is 11.8 Å². The van der Waals surface area contributed by atoms with Gasteiger partial charge in [0, 0.05) is 5.92 Å². The Balaban J connectivity index is 2.64. The molecule has 0 aliphatic heterocycles. The van der Waals surface area contributed by atoms with E-state index >= 15 is 0 Å². The molecule has 1 aromatic rings. The van der Waals surface area contributed by atoms with Gasteiger partial charge in [-0.15, -0.1) is 0 Å². The van der Waals surface area contributed by atoms with Crippen LogP contribution in [0.3, 0.4) is 0 Å². The van der Waals surface area contributed by atoms with Gasteiger partial charge in [0.25, 0.3) is 0 Å². The smallest absolute Gasteiger partial charge is 0.123 e. The maximum atomic E-state index is 11.0. The average Bonchev–Trinajstić information content (AvgIpc) is 2.28. The first-order valence-electron chi connectivity index (χ1n) is 6.57. The van der Waals surface area contributed by atoms with Gasteiger partial charge in [0.1, 0.15) is 6.29 Å². The highest BCUT2D eigenvalue weighted by molar-refractivity contribution is 5.54. The Hall–Kier alpha value is -1.11. The van der Waals surface area contributed by atoms with Crippen LogP contribution < -0.4 is 0 Å². The standard InChI is InChI=1S/C16H24O/c1-12(2)9-15(11-17)10-14-5-7-16(8-6-14)13(3)4/h5-8,11-13,15H,9-10H2,1-4H3. The first-order chi connectivity index (χ1) is 8.02. The topological polar surface area (TPSA) is 17.1 Å². The molecule has 0 saturated carbocycles. The Bertz CT molecular complexity index is 335. The molecule has 0 aliphatic carbocycles. The van der Waals surface area contributed by atoms with E-state index in [9.17, 15) is 4.79 Å². The second-order valence-electron chi connectivity index (χ2n) is 5.63. The Morgan fingerprint density at radius 3 is 2.06 bits per heavy atom. The average molecular weight is 232 g/mol. The van der Waals surface area contributed by atoms with E-state index in [2.05, 4.69) is 52.0 Å². The lowest BCUT2D eigenvalue weighted by molar-refractivity contribution is -0.111. The van der Waals surface area contributed by atoms with E-state index in [0.29, 0.717) is 11.8 Å². The van der Waals surface area contributed by atoms with Gasteiger partial charge < -0.3 is 4.79 Å². The predicted octanol–water partition coefficient (Wildman–Crippen LogP) is 4.21. The Labute approximate surface area is 105 Å². The molecule has 1 unspecified atom stereocenters. The van der Waals surface area contributed by atoms with Gasteiger partial charge in [0.15, 0.2) is 0 Å². The van der Waals surface area contributed by atoms with Crippen LogP contribution in [0.25, 0.3) is 0 Å². The Kier molecular flexibility index (Phi) is 5.40. The Morgan fingerprint density at radius 2 is 1.65 bits per heavy atom. The molecular weight excluding hydrogens is 208 g/mol. The number of rotatable bonds is 6. The highest BCUT2D eigenvalue weighted by Crippen LogP contribution is 2.19. The molecule has 0 N–H and O–H groups in total. The van der Waals surface area contributed by atoms with Gasteiger partial charge >= 0.3 is 0 Å². The molecule has 0 fully saturated rings. The molecule has 0 bridgehead atoms. The SMILES string of the molecule is CC(C)CC(C=O)Cc1ccc(C(C)C)cc1. The first kappa shape index (κ1) is 14.0. The molecule has 1 heteroatoms. The normalized spacial score (nSPS) is 13.1. The zero-order valence-corrected chi connectivity index (χ0v) is 11.4. The summed E-state index contributed by atoms with van der Waals surface area (Å²) in [6.45, 7) is 8.72. The molecule has 0 amide bonds. The molecule has 0 saturated heterocycles. The van der Waals surface area contributed by atoms with Crippen molar-refractivity contribution in [1.29, 1.82) is 0 Å². The predicted molar refractivity (Wildman–Crippen MR) is 73.2 cm³/mol. The fourth-order valence-corrected chi connectivity index (χ4v) is 2.13. The van der Waals surface area contributed by atoms with Crippen molar-refractivity contribution in [2.24, 2.45) is 11.8 Å². The summed E-state index contributed by atoms with van der Waals surface area (Å²) in [6, 6.07) is 8.67. The summed E-state index contributed by atoms with van der Waals surface area (Å²) in [5.41, 5.74) is 2.63. The van der Waals surface area contributed by atoms with Crippen molar-refractivity contribution in [2.75, 3.05) is 0 Å². The molecule has 0 aliphatic rings. The lowest BCUT2D eigenvalue weighted by atomic mass is 9.91. The van der Waals surface area contributed by atoms with Crippen molar-refractivity contribution in [1.82, 2.24) is 0 Å². The number of benzene rings is 1. The monoisotopic (exact) mass is 232 g/mol. The third-order valence-corrected chi connectivity index (χ3v) is 3.11. The maximum absolute atomic E-state index is 11.0. The van der Waals surface area contributed by atoms with Crippen LogP contribution >= 0.6 is 0 Å². The molecule has 0 radical (unpaired) electrons. The fraction of sp³-hybridized carbons (Fsp3) is 0.562. The van der Waals surface area contributed by atoms with Crippen molar-refractivity contribution in [3.05, 3.63) is 35.4 Å². The van der Waals surface area contributed by atoms with Crippen molar-refractivity contribution < 1.29 is 4.79 Å². The van der Waals surface area contributed by atoms with E-state index < -0.39 is 0 Å². The van der Waals surface area contributed by atoms with Crippen LogP contribution in [0.2, 0.25) is 0 Å². The van der Waals surface area contributed by atoms with Crippen LogP contribution in [-0.4, -0.2) is 6.29 Å². The van der Waals surface area contributed by atoms with Gasteiger partial charge in [-0.3, -0.25) is 0 Å². The zero-order chi connectivity index (χ0) is 12.8. The summed E-state index contributed by atoms with van der Waals surface area (Å²) in [5, 5.41) is 0. The number of carbonyl (C=O) groups excluding carboxylic acids is 1. The molecule has 17 heavy (non-hydrogen) atoms. The third-order valence-electron chi connectivity index (χ3n) is 3.11. The van der Waals surface area contributed by atoms with Gasteiger partial charge in [0.05, 0.1) is 0 Å². The van der Waals surface area contributed by atoms with Crippen molar-refractivity contribution in [2.45, 2.75) is 46.5 Å². The molecule has 1 aromatic carbocycles. The van der Waals surface area contributed by atoms with Gasteiger partial charge in [-0.2, -0.15) is 0 Å². The molecular formula is C16H24O. The Morgan fingerprint density at radius 1 is 1.06 bits per heavy atom. The van der Waals surface area contributed by atoms with Crippen molar-refractivity contribution in [3.63, 3.8) is 0 Å².